The second-order valence-electron chi connectivity index (χ2n) is 17.4. The number of phenolic OH excluding ortho intramolecular Hbond substituents is 1. The Morgan fingerprint density at radius 3 is 2.06 bits per heavy atom. The van der Waals surface area contributed by atoms with Gasteiger partial charge in [-0.05, 0) is 77.9 Å². The Bertz CT molecular complexity index is 2680. The highest BCUT2D eigenvalue weighted by Gasteiger charge is 2.76. The number of primary amides is 1. The van der Waals surface area contributed by atoms with Crippen LogP contribution in [0.1, 0.15) is 96.6 Å². The number of carbonyl (C=O) groups excluding carboxylic acids is 5. The van der Waals surface area contributed by atoms with E-state index >= 15 is 19.2 Å². The number of fused-ring (bicyclic) bond motifs is 3. The summed E-state index contributed by atoms with van der Waals surface area (Å²) in [5.41, 5.74) is 7.20. The zero-order valence-corrected chi connectivity index (χ0v) is 36.6. The first-order valence-corrected chi connectivity index (χ1v) is 22.6. The molecule has 13 heteroatoms. The predicted octanol–water partition coefficient (Wildman–Crippen LogP) is 7.34. The fourth-order valence-corrected chi connectivity index (χ4v) is 10.6. The van der Waals surface area contributed by atoms with Crippen LogP contribution in [-0.2, 0) is 24.5 Å². The second kappa shape index (κ2) is 18.6. The fourth-order valence-electron chi connectivity index (χ4n) is 10.6. The van der Waals surface area contributed by atoms with Gasteiger partial charge in [0.1, 0.15) is 23.3 Å². The molecule has 66 heavy (non-hydrogen) atoms. The number of cyclic esters (lactones) is 1. The molecule has 0 radical (unpaired) electrons. The van der Waals surface area contributed by atoms with Crippen molar-refractivity contribution in [2.24, 2.45) is 11.7 Å². The molecule has 3 saturated heterocycles. The highest BCUT2D eigenvalue weighted by atomic mass is 16.6. The van der Waals surface area contributed by atoms with Gasteiger partial charge in [0, 0.05) is 18.7 Å². The highest BCUT2D eigenvalue weighted by Crippen LogP contribution is 2.66. The molecule has 0 saturated carbocycles. The number of imide groups is 1. The topological polar surface area (TPSA) is 175 Å². The summed E-state index contributed by atoms with van der Waals surface area (Å²) in [6.45, 7) is 2.61. The number of esters is 1. The third kappa shape index (κ3) is 7.91. The summed E-state index contributed by atoms with van der Waals surface area (Å²) in [5.74, 6) is 2.81. The first kappa shape index (κ1) is 43.8. The number of nitrogens with one attached hydrogen (secondary N) is 2. The number of morpholine rings is 1. The Kier molecular flexibility index (Phi) is 12.3. The first-order chi connectivity index (χ1) is 32.1. The lowest BCUT2D eigenvalue weighted by atomic mass is 9.64. The van der Waals surface area contributed by atoms with E-state index in [-0.39, 0.29) is 18.0 Å². The number of nitrogens with zero attached hydrogens (tertiary/aromatic N) is 3. The smallest absolute Gasteiger partial charge is 0.329 e. The van der Waals surface area contributed by atoms with E-state index in [4.69, 9.17) is 10.5 Å². The Labute approximate surface area is 383 Å². The van der Waals surface area contributed by atoms with Crippen LogP contribution in [0.25, 0.3) is 0 Å². The van der Waals surface area contributed by atoms with Crippen LogP contribution >= 0.6 is 0 Å². The molecular weight excluding hydrogens is 833 g/mol. The molecule has 0 bridgehead atoms. The molecule has 3 fully saturated rings. The zero-order valence-electron chi connectivity index (χ0n) is 36.6. The third-order valence-corrected chi connectivity index (χ3v) is 13.5. The predicted molar refractivity (Wildman–Crippen MR) is 248 cm³/mol. The number of hydrogen-bond donors (Lipinski definition) is 4. The van der Waals surface area contributed by atoms with Gasteiger partial charge in [0.15, 0.2) is 0 Å². The summed E-state index contributed by atoms with van der Waals surface area (Å²) in [4.78, 5) is 79.6. The van der Waals surface area contributed by atoms with Crippen LogP contribution in [0, 0.1) is 17.8 Å². The molecular formula is C53H52N6O7. The number of amides is 6. The number of ether oxygens (including phenoxy) is 1. The van der Waals surface area contributed by atoms with Crippen LogP contribution in [0.5, 0.6) is 5.75 Å². The van der Waals surface area contributed by atoms with Gasteiger partial charge in [0.25, 0.3) is 0 Å². The number of rotatable bonds is 7. The maximum atomic E-state index is 16.6. The number of anilines is 1. The van der Waals surface area contributed by atoms with Crippen LogP contribution < -0.4 is 21.3 Å². The first-order valence-electron chi connectivity index (χ1n) is 22.6. The number of phenols is 1. The number of urea groups is 2. The molecule has 13 nitrogen and oxygen atoms in total. The number of nitrogens with two attached hydrogens (primary N) is 1. The Balaban J connectivity index is 1.33. The van der Waals surface area contributed by atoms with Crippen molar-refractivity contribution in [1.29, 1.82) is 0 Å². The molecule has 5 N–H and O–H groups in total. The summed E-state index contributed by atoms with van der Waals surface area (Å²) < 4.78 is 6.62. The van der Waals surface area contributed by atoms with Gasteiger partial charge in [-0.3, -0.25) is 19.3 Å². The van der Waals surface area contributed by atoms with E-state index in [9.17, 15) is 9.90 Å². The number of likely N-dealkylation sites (tertiary alicyclic amines) is 1. The molecule has 4 aliphatic heterocycles. The summed E-state index contributed by atoms with van der Waals surface area (Å²) in [6.07, 6.45) is 3.47. The largest absolute Gasteiger partial charge is 0.508 e. The minimum atomic E-state index is -1.97. The Hall–Kier alpha value is -7.43. The van der Waals surface area contributed by atoms with E-state index in [1.165, 1.54) is 12.1 Å². The minimum absolute atomic E-state index is 0.0217. The highest BCUT2D eigenvalue weighted by molar-refractivity contribution is 6.24. The summed E-state index contributed by atoms with van der Waals surface area (Å²) in [6, 6.07) is 34.8. The molecule has 5 aromatic rings. The lowest BCUT2D eigenvalue weighted by molar-refractivity contribution is -0.179. The van der Waals surface area contributed by atoms with E-state index < -0.39 is 71.5 Å². The van der Waals surface area contributed by atoms with Gasteiger partial charge in [-0.25, -0.2) is 14.5 Å². The molecule has 6 amide bonds. The molecule has 0 aliphatic carbocycles. The van der Waals surface area contributed by atoms with Gasteiger partial charge in [0.05, 0.1) is 36.3 Å². The summed E-state index contributed by atoms with van der Waals surface area (Å²) in [7, 11) is 0. The Morgan fingerprint density at radius 1 is 0.788 bits per heavy atom. The van der Waals surface area contributed by atoms with E-state index in [1.807, 2.05) is 103 Å². The van der Waals surface area contributed by atoms with Gasteiger partial charge in [-0.15, -0.1) is 0 Å². The molecule has 0 unspecified atom stereocenters. The molecule has 4 heterocycles. The maximum absolute atomic E-state index is 16.6. The van der Waals surface area contributed by atoms with Crippen LogP contribution in [0.15, 0.2) is 133 Å². The van der Waals surface area contributed by atoms with Crippen LogP contribution in [0.2, 0.25) is 0 Å². The van der Waals surface area contributed by atoms with Gasteiger partial charge in [-0.1, -0.05) is 134 Å². The van der Waals surface area contributed by atoms with Gasteiger partial charge in [0.2, 0.25) is 11.8 Å². The van der Waals surface area contributed by atoms with Crippen molar-refractivity contribution in [2.45, 2.75) is 74.7 Å². The van der Waals surface area contributed by atoms with Gasteiger partial charge < -0.3 is 31.1 Å². The maximum Gasteiger partial charge on any atom is 0.329 e. The van der Waals surface area contributed by atoms with E-state index in [0.717, 1.165) is 48.1 Å². The van der Waals surface area contributed by atoms with Crippen molar-refractivity contribution in [3.05, 3.63) is 167 Å². The average molecular weight is 885 g/mol. The van der Waals surface area contributed by atoms with E-state index in [0.29, 0.717) is 35.3 Å². The van der Waals surface area contributed by atoms with E-state index in [1.54, 1.807) is 35.2 Å². The molecule has 1 spiro atoms. The number of aromatic hydroxyl groups is 1. The molecule has 9 rings (SSSR count). The molecule has 0 aromatic heterocycles. The lowest BCUT2D eigenvalue weighted by Crippen LogP contribution is -2.57. The lowest BCUT2D eigenvalue weighted by Gasteiger charge is -2.46. The number of benzene rings is 5. The van der Waals surface area contributed by atoms with Gasteiger partial charge >= 0.3 is 18.0 Å². The summed E-state index contributed by atoms with van der Waals surface area (Å²) in [5, 5.41) is 16.3. The van der Waals surface area contributed by atoms with Crippen molar-refractivity contribution in [2.75, 3.05) is 24.5 Å². The monoisotopic (exact) mass is 884 g/mol. The fraction of sp³-hybridized carbons (Fsp3) is 0.302. The standard InChI is InChI=1S/C53H52N6O7/c1-34(36-18-8-5-9-19-36)56-52(65)58-42-29-24-35(17-16-30-55-51(54)64)33-41(42)53(50(58)63)43(48(61)57-31-14-3-2-4-15-32-57)45-49(62)66-46(38-22-12-7-13-23-38)44(37-20-10-6-11-21-37)59(45)47(53)39-25-27-40(60)28-26-39/h5-13,18-29,33-34,43-47,60H,2-4,14-15,30-32H2,1H3,(H,56,65)(H3,54,55,64)/t34-,43+,44+,45+,46-,47-,53+/m1/s1. The third-order valence-electron chi connectivity index (χ3n) is 13.5. The van der Waals surface area contributed by atoms with Crippen molar-refractivity contribution < 1.29 is 33.8 Å². The SMILES string of the molecule is C[C@@H](NC(=O)N1C(=O)[C@@]2(c3cc(C#CCNC(N)=O)ccc31)[C@H](C(=O)N1CCCCCCC1)[C@H]1C(=O)O[C@H](c3ccccc3)[C@H](c3ccccc3)N1[C@@H]2c1ccc(O)cc1)c1ccccc1. The quantitative estimate of drug-likeness (QED) is 0.0971. The Morgan fingerprint density at radius 2 is 1.41 bits per heavy atom. The van der Waals surface area contributed by atoms with Crippen molar-refractivity contribution in [3.8, 4) is 17.6 Å². The van der Waals surface area contributed by atoms with Gasteiger partial charge in [-0.2, -0.15) is 0 Å². The van der Waals surface area contributed by atoms with Crippen molar-refractivity contribution in [3.63, 3.8) is 0 Å². The van der Waals surface area contributed by atoms with Crippen molar-refractivity contribution in [1.82, 2.24) is 20.4 Å². The van der Waals surface area contributed by atoms with Crippen LogP contribution in [-0.4, -0.2) is 70.4 Å². The molecule has 4 aliphatic rings. The minimum Gasteiger partial charge on any atom is -0.508 e. The van der Waals surface area contributed by atoms with Crippen LogP contribution in [0.4, 0.5) is 15.3 Å². The second-order valence-corrected chi connectivity index (χ2v) is 17.4. The zero-order chi connectivity index (χ0) is 46.0. The van der Waals surface area contributed by atoms with E-state index in [2.05, 4.69) is 22.5 Å². The normalized spacial score (nSPS) is 24.2. The van der Waals surface area contributed by atoms with Crippen LogP contribution in [0.3, 0.4) is 0 Å². The average Bonchev–Trinajstić information content (AvgIpc) is 3.77. The molecule has 7 atom stereocenters. The molecule has 336 valence electrons. The van der Waals surface area contributed by atoms with Crippen molar-refractivity contribution >= 4 is 35.5 Å². The number of carbonyl (C=O) groups is 5. The molecule has 5 aromatic carbocycles. The number of hydrogen-bond acceptors (Lipinski definition) is 8. The summed E-state index contributed by atoms with van der Waals surface area (Å²) >= 11 is 0.